The first-order chi connectivity index (χ1) is 10.1. The monoisotopic (exact) mass is 293 g/mol. The molecule has 2 N–H and O–H groups in total. The van der Waals surface area contributed by atoms with Gasteiger partial charge in [-0.15, -0.1) is 0 Å². The molecule has 1 fully saturated rings. The number of nitrogens with two attached hydrogens (primary N) is 1. The standard InChI is InChI=1S/C17H27NO3/c1-12(2)21-16-10-14(19-3)13(9-15(16)20-4)17(11-18)7-5-6-8-17/h9-10,12H,5-8,11,18H2,1-4H3. The van der Waals surface area contributed by atoms with Gasteiger partial charge in [0.05, 0.1) is 20.3 Å². The number of rotatable bonds is 6. The van der Waals surface area contributed by atoms with E-state index in [-0.39, 0.29) is 11.5 Å². The summed E-state index contributed by atoms with van der Waals surface area (Å²) in [4.78, 5) is 0. The zero-order valence-electron chi connectivity index (χ0n) is 13.6. The van der Waals surface area contributed by atoms with Crippen LogP contribution in [-0.2, 0) is 5.41 Å². The highest BCUT2D eigenvalue weighted by Crippen LogP contribution is 2.47. The van der Waals surface area contributed by atoms with E-state index < -0.39 is 0 Å². The maximum atomic E-state index is 6.11. The van der Waals surface area contributed by atoms with Gasteiger partial charge in [0.15, 0.2) is 11.5 Å². The van der Waals surface area contributed by atoms with Crippen molar-refractivity contribution in [2.24, 2.45) is 5.73 Å². The molecule has 1 saturated carbocycles. The van der Waals surface area contributed by atoms with Crippen molar-refractivity contribution in [2.45, 2.75) is 51.0 Å². The third-order valence-electron chi connectivity index (χ3n) is 4.37. The van der Waals surface area contributed by atoms with Crippen molar-refractivity contribution in [3.8, 4) is 17.2 Å². The minimum atomic E-state index is 0.00891. The van der Waals surface area contributed by atoms with E-state index in [1.807, 2.05) is 19.9 Å². The molecular weight excluding hydrogens is 266 g/mol. The highest BCUT2D eigenvalue weighted by atomic mass is 16.5. The van der Waals surface area contributed by atoms with Crippen molar-refractivity contribution in [3.05, 3.63) is 17.7 Å². The molecule has 118 valence electrons. The summed E-state index contributed by atoms with van der Waals surface area (Å²) in [6, 6.07) is 3.98. The minimum absolute atomic E-state index is 0.00891. The predicted octanol–water partition coefficient (Wildman–Crippen LogP) is 3.26. The van der Waals surface area contributed by atoms with Gasteiger partial charge in [0, 0.05) is 23.6 Å². The Morgan fingerprint density at radius 3 is 2.14 bits per heavy atom. The summed E-state index contributed by atoms with van der Waals surface area (Å²) in [7, 11) is 3.37. The van der Waals surface area contributed by atoms with Crippen LogP contribution in [0.5, 0.6) is 17.2 Å². The van der Waals surface area contributed by atoms with Crippen LogP contribution < -0.4 is 19.9 Å². The molecule has 0 aromatic heterocycles. The second-order valence-corrected chi connectivity index (χ2v) is 6.06. The number of hydrogen-bond donors (Lipinski definition) is 1. The molecule has 4 heteroatoms. The lowest BCUT2D eigenvalue weighted by atomic mass is 9.78. The Morgan fingerprint density at radius 1 is 1.05 bits per heavy atom. The van der Waals surface area contributed by atoms with Gasteiger partial charge in [0.25, 0.3) is 0 Å². The summed E-state index contributed by atoms with van der Waals surface area (Å²) in [6.07, 6.45) is 4.73. The van der Waals surface area contributed by atoms with Crippen molar-refractivity contribution in [3.63, 3.8) is 0 Å². The van der Waals surface area contributed by atoms with E-state index in [1.165, 1.54) is 12.8 Å². The van der Waals surface area contributed by atoms with Crippen molar-refractivity contribution in [1.29, 1.82) is 0 Å². The first-order valence-corrected chi connectivity index (χ1v) is 7.69. The first kappa shape index (κ1) is 16.0. The Hall–Kier alpha value is -1.42. The number of methoxy groups -OCH3 is 2. The number of hydrogen-bond acceptors (Lipinski definition) is 4. The summed E-state index contributed by atoms with van der Waals surface area (Å²) < 4.78 is 17.0. The molecular formula is C17H27NO3. The second-order valence-electron chi connectivity index (χ2n) is 6.06. The fraction of sp³-hybridized carbons (Fsp3) is 0.647. The number of ether oxygens (including phenoxy) is 3. The van der Waals surface area contributed by atoms with E-state index >= 15 is 0 Å². The molecule has 0 heterocycles. The molecule has 4 nitrogen and oxygen atoms in total. The second kappa shape index (κ2) is 6.56. The Labute approximate surface area is 127 Å². The summed E-state index contributed by atoms with van der Waals surface area (Å²) in [5.74, 6) is 2.32. The zero-order valence-corrected chi connectivity index (χ0v) is 13.6. The molecule has 1 aliphatic rings. The Morgan fingerprint density at radius 2 is 1.67 bits per heavy atom. The van der Waals surface area contributed by atoms with Crippen LogP contribution >= 0.6 is 0 Å². The van der Waals surface area contributed by atoms with Crippen LogP contribution in [-0.4, -0.2) is 26.9 Å². The third kappa shape index (κ3) is 3.10. The van der Waals surface area contributed by atoms with Gasteiger partial charge in [0.2, 0.25) is 0 Å². The van der Waals surface area contributed by atoms with E-state index in [0.717, 1.165) is 35.7 Å². The molecule has 0 unspecified atom stereocenters. The topological polar surface area (TPSA) is 53.7 Å². The van der Waals surface area contributed by atoms with Crippen molar-refractivity contribution in [1.82, 2.24) is 0 Å². The lowest BCUT2D eigenvalue weighted by Crippen LogP contribution is -2.32. The molecule has 1 aromatic carbocycles. The van der Waals surface area contributed by atoms with Crippen molar-refractivity contribution >= 4 is 0 Å². The van der Waals surface area contributed by atoms with Gasteiger partial charge in [-0.2, -0.15) is 0 Å². The largest absolute Gasteiger partial charge is 0.496 e. The van der Waals surface area contributed by atoms with Crippen LogP contribution in [0.15, 0.2) is 12.1 Å². The summed E-state index contributed by atoms with van der Waals surface area (Å²) in [5.41, 5.74) is 7.27. The fourth-order valence-corrected chi connectivity index (χ4v) is 3.27. The first-order valence-electron chi connectivity index (χ1n) is 7.69. The highest BCUT2D eigenvalue weighted by Gasteiger charge is 2.37. The van der Waals surface area contributed by atoms with Gasteiger partial charge in [-0.3, -0.25) is 0 Å². The molecule has 2 rings (SSSR count). The molecule has 0 bridgehead atoms. The molecule has 0 spiro atoms. The van der Waals surface area contributed by atoms with Crippen molar-refractivity contribution < 1.29 is 14.2 Å². The van der Waals surface area contributed by atoms with Crippen LogP contribution in [0, 0.1) is 0 Å². The van der Waals surface area contributed by atoms with E-state index in [0.29, 0.717) is 6.54 Å². The van der Waals surface area contributed by atoms with Gasteiger partial charge < -0.3 is 19.9 Å². The quantitative estimate of drug-likeness (QED) is 0.874. The van der Waals surface area contributed by atoms with Gasteiger partial charge in [-0.25, -0.2) is 0 Å². The Kier molecular flexibility index (Phi) is 4.99. The fourth-order valence-electron chi connectivity index (χ4n) is 3.27. The lowest BCUT2D eigenvalue weighted by molar-refractivity contribution is 0.228. The third-order valence-corrected chi connectivity index (χ3v) is 4.37. The maximum Gasteiger partial charge on any atom is 0.165 e. The zero-order chi connectivity index (χ0) is 15.5. The summed E-state index contributed by atoms with van der Waals surface area (Å²) in [5, 5.41) is 0. The SMILES string of the molecule is COc1cc(C2(CN)CCCC2)c(OC)cc1OC(C)C. The van der Waals surface area contributed by atoms with Crippen LogP contribution in [0.25, 0.3) is 0 Å². The summed E-state index contributed by atoms with van der Waals surface area (Å²) >= 11 is 0. The average Bonchev–Trinajstić information content (AvgIpc) is 2.96. The Balaban J connectivity index is 2.50. The van der Waals surface area contributed by atoms with Gasteiger partial charge in [0.1, 0.15) is 5.75 Å². The molecule has 1 aromatic rings. The van der Waals surface area contributed by atoms with Crippen LogP contribution in [0.4, 0.5) is 0 Å². The molecule has 1 aliphatic carbocycles. The van der Waals surface area contributed by atoms with E-state index in [2.05, 4.69) is 6.07 Å². The maximum absolute atomic E-state index is 6.11. The average molecular weight is 293 g/mol. The smallest absolute Gasteiger partial charge is 0.165 e. The molecule has 0 aliphatic heterocycles. The van der Waals surface area contributed by atoms with E-state index in [1.54, 1.807) is 14.2 Å². The normalized spacial score (nSPS) is 17.0. The molecule has 0 radical (unpaired) electrons. The molecule has 21 heavy (non-hydrogen) atoms. The molecule has 0 amide bonds. The van der Waals surface area contributed by atoms with E-state index in [9.17, 15) is 0 Å². The molecule has 0 atom stereocenters. The highest BCUT2D eigenvalue weighted by molar-refractivity contribution is 5.54. The minimum Gasteiger partial charge on any atom is -0.496 e. The predicted molar refractivity (Wildman–Crippen MR) is 84.5 cm³/mol. The van der Waals surface area contributed by atoms with Crippen molar-refractivity contribution in [2.75, 3.05) is 20.8 Å². The van der Waals surface area contributed by atoms with Gasteiger partial charge in [-0.1, -0.05) is 12.8 Å². The van der Waals surface area contributed by atoms with Crippen LogP contribution in [0.3, 0.4) is 0 Å². The lowest BCUT2D eigenvalue weighted by Gasteiger charge is -2.30. The van der Waals surface area contributed by atoms with E-state index in [4.69, 9.17) is 19.9 Å². The van der Waals surface area contributed by atoms with Crippen LogP contribution in [0.1, 0.15) is 45.1 Å². The van der Waals surface area contributed by atoms with Gasteiger partial charge in [-0.05, 0) is 32.8 Å². The van der Waals surface area contributed by atoms with Crippen LogP contribution in [0.2, 0.25) is 0 Å². The Bertz CT molecular complexity index is 479. The van der Waals surface area contributed by atoms with Gasteiger partial charge >= 0.3 is 0 Å². The molecule has 0 saturated heterocycles. The number of benzene rings is 1. The summed E-state index contributed by atoms with van der Waals surface area (Å²) in [6.45, 7) is 4.63.